The van der Waals surface area contributed by atoms with Crippen molar-refractivity contribution in [3.05, 3.63) is 290 Å². The van der Waals surface area contributed by atoms with Gasteiger partial charge in [-0.15, -0.1) is 0 Å². The van der Waals surface area contributed by atoms with Crippen LogP contribution in [-0.2, 0) is 6.42 Å². The summed E-state index contributed by atoms with van der Waals surface area (Å²) in [6.07, 6.45) is 10.2. The zero-order valence-corrected chi connectivity index (χ0v) is 50.0. The van der Waals surface area contributed by atoms with Crippen molar-refractivity contribution in [3.8, 4) is 11.4 Å². The molecule has 438 valence electrons. The number of anilines is 5. The van der Waals surface area contributed by atoms with Gasteiger partial charge < -0.3 is 41.3 Å². The molecule has 0 N–H and O–H groups in total. The van der Waals surface area contributed by atoms with Crippen molar-refractivity contribution in [2.45, 2.75) is 25.0 Å². The zero-order chi connectivity index (χ0) is 60.6. The SMILES string of the molecule is C1=CC(N(c2ccc3c(c2)oc2cc4c5c(oc4cc23)C=C2c3ccc(N(c4cccc(-n6c7ccccc7c7ccccc76)c4)c4cccc6c4oc4ccccc46)cc3OC2C5)c2cccc3c2oc2ccccc23)CC(n2c3ccccc3c3ccccc32)=C1. The normalized spacial score (nSPS) is 15.4. The van der Waals surface area contributed by atoms with Gasteiger partial charge in [0.15, 0.2) is 11.2 Å². The largest absolute Gasteiger partial charge is 0.485 e. The molecule has 2 aliphatic carbocycles. The minimum absolute atomic E-state index is 0.0836. The van der Waals surface area contributed by atoms with E-state index in [4.69, 9.17) is 22.4 Å². The first-order valence-electron chi connectivity index (χ1n) is 31.9. The number of nitrogens with zero attached hydrogens (tertiary/aromatic N) is 4. The smallest absolute Gasteiger partial charge is 0.159 e. The standard InChI is InChI=1S/C84H52N4O5/c1-7-29-69-55(21-1)56-22-2-8-30-70(56)87(69)51-19-13-17-49(41-51)85(73-33-15-27-63-59-25-5-11-35-75(59)92-83(63)73)53-37-39-61-65-45-81-67(47-79(65)89-77(61)43-53)68-48-80-66(46-82(68)91-81)62-40-38-54(44-78(62)90-80)86(74-34-16-28-64-60-26-6-12-36-76(60)93-84(64)74)50-18-14-20-52(42-50)88-71-31-9-3-23-57(71)58-24-4-10-32-72(58)88/h1-41,43-46,48,50,79H,42,47H2. The number of hydrogen-bond donors (Lipinski definition) is 0. The predicted molar refractivity (Wildman–Crippen MR) is 379 cm³/mol. The van der Waals surface area contributed by atoms with E-state index in [-0.39, 0.29) is 12.1 Å². The second kappa shape index (κ2) is 19.2. The molecule has 0 amide bonds. The summed E-state index contributed by atoms with van der Waals surface area (Å²) in [5, 5.41) is 12.3. The van der Waals surface area contributed by atoms with Crippen LogP contribution in [0.3, 0.4) is 0 Å². The highest BCUT2D eigenvalue weighted by atomic mass is 16.5. The Morgan fingerprint density at radius 2 is 0.925 bits per heavy atom. The van der Waals surface area contributed by atoms with Crippen molar-refractivity contribution in [1.29, 1.82) is 0 Å². The molecular formula is C84H52N4O5. The Balaban J connectivity index is 0.646. The number of allylic oxidation sites excluding steroid dienone is 2. The predicted octanol–water partition coefficient (Wildman–Crippen LogP) is 22.7. The van der Waals surface area contributed by atoms with Crippen LogP contribution in [0, 0.1) is 0 Å². The summed E-state index contributed by atoms with van der Waals surface area (Å²) in [6, 6.07) is 90.7. The minimum atomic E-state index is -0.218. The lowest BCUT2D eigenvalue weighted by Crippen LogP contribution is -2.31. The second-order valence-electron chi connectivity index (χ2n) is 24.9. The van der Waals surface area contributed by atoms with Crippen LogP contribution in [0.1, 0.15) is 23.3 Å². The van der Waals surface area contributed by atoms with Gasteiger partial charge in [0.1, 0.15) is 45.5 Å². The Morgan fingerprint density at radius 1 is 0.376 bits per heavy atom. The first-order chi connectivity index (χ1) is 46.1. The number of aromatic nitrogens is 2. The summed E-state index contributed by atoms with van der Waals surface area (Å²) >= 11 is 0. The van der Waals surface area contributed by atoms with E-state index < -0.39 is 0 Å². The molecule has 93 heavy (non-hydrogen) atoms. The summed E-state index contributed by atoms with van der Waals surface area (Å²) < 4.78 is 39.5. The molecule has 1 aliphatic heterocycles. The Bertz CT molecular complexity index is 6250. The lowest BCUT2D eigenvalue weighted by Gasteiger charge is -2.34. The van der Waals surface area contributed by atoms with Gasteiger partial charge in [-0.2, -0.15) is 0 Å². The number of furan rings is 4. The van der Waals surface area contributed by atoms with E-state index in [1.165, 1.54) is 38.3 Å². The van der Waals surface area contributed by atoms with Gasteiger partial charge in [-0.25, -0.2) is 0 Å². The van der Waals surface area contributed by atoms with Gasteiger partial charge in [-0.3, -0.25) is 0 Å². The van der Waals surface area contributed by atoms with Crippen LogP contribution in [0.2, 0.25) is 0 Å². The van der Waals surface area contributed by atoms with Crippen LogP contribution >= 0.6 is 0 Å². The van der Waals surface area contributed by atoms with Gasteiger partial charge in [-0.05, 0) is 115 Å². The Labute approximate surface area is 530 Å². The van der Waals surface area contributed by atoms with E-state index >= 15 is 0 Å². The molecule has 6 aromatic heterocycles. The number of ether oxygens (including phenoxy) is 1. The van der Waals surface area contributed by atoms with E-state index in [1.807, 2.05) is 18.2 Å². The fraction of sp³-hybridized carbons (Fsp3) is 0.0476. The molecule has 0 saturated carbocycles. The van der Waals surface area contributed by atoms with Crippen LogP contribution in [0.4, 0.5) is 28.4 Å². The van der Waals surface area contributed by atoms with E-state index in [9.17, 15) is 0 Å². The summed E-state index contributed by atoms with van der Waals surface area (Å²) in [4.78, 5) is 4.75. The zero-order valence-electron chi connectivity index (χ0n) is 50.0. The topological polar surface area (TPSA) is 78.1 Å². The maximum absolute atomic E-state index is 7.12. The van der Waals surface area contributed by atoms with Gasteiger partial charge in [0, 0.05) is 129 Å². The van der Waals surface area contributed by atoms with E-state index in [0.717, 1.165) is 157 Å². The average Bonchev–Trinajstić information content (AvgIpc) is 1.63. The van der Waals surface area contributed by atoms with Gasteiger partial charge in [-0.1, -0.05) is 152 Å². The van der Waals surface area contributed by atoms with Crippen LogP contribution in [0.5, 0.6) is 5.75 Å². The molecule has 2 atom stereocenters. The highest BCUT2D eigenvalue weighted by molar-refractivity contribution is 6.15. The lowest BCUT2D eigenvalue weighted by molar-refractivity contribution is 0.275. The van der Waals surface area contributed by atoms with Crippen molar-refractivity contribution in [2.75, 3.05) is 9.80 Å². The third-order valence-corrected chi connectivity index (χ3v) is 19.9. The Kier molecular flexibility index (Phi) is 10.4. The highest BCUT2D eigenvalue weighted by Gasteiger charge is 2.36. The molecule has 2 unspecified atom stereocenters. The fourth-order valence-electron chi connectivity index (χ4n) is 15.9. The van der Waals surface area contributed by atoms with E-state index in [1.54, 1.807) is 0 Å². The number of hydrogen-bond acceptors (Lipinski definition) is 7. The maximum atomic E-state index is 7.12. The average molecular weight is 1200 g/mol. The van der Waals surface area contributed by atoms with Crippen LogP contribution in [-0.4, -0.2) is 21.3 Å². The monoisotopic (exact) mass is 1200 g/mol. The van der Waals surface area contributed by atoms with Gasteiger partial charge in [0.25, 0.3) is 0 Å². The van der Waals surface area contributed by atoms with E-state index in [2.05, 4.69) is 280 Å². The molecule has 12 aromatic carbocycles. The Hall–Kier alpha value is -12.2. The van der Waals surface area contributed by atoms with E-state index in [0.29, 0.717) is 6.42 Å². The lowest BCUT2D eigenvalue weighted by atomic mass is 9.90. The molecule has 0 bridgehead atoms. The van der Waals surface area contributed by atoms with Gasteiger partial charge >= 0.3 is 0 Å². The van der Waals surface area contributed by atoms with Crippen molar-refractivity contribution < 1.29 is 22.4 Å². The van der Waals surface area contributed by atoms with Gasteiger partial charge in [0.2, 0.25) is 0 Å². The molecule has 9 nitrogen and oxygen atoms in total. The molecular weight excluding hydrogens is 1140 g/mol. The van der Waals surface area contributed by atoms with Crippen molar-refractivity contribution in [1.82, 2.24) is 9.13 Å². The highest BCUT2D eigenvalue weighted by Crippen LogP contribution is 2.51. The van der Waals surface area contributed by atoms with Crippen molar-refractivity contribution in [3.63, 3.8) is 0 Å². The number of rotatable bonds is 8. The molecule has 3 aliphatic rings. The van der Waals surface area contributed by atoms with Gasteiger partial charge in [0.05, 0.1) is 39.5 Å². The molecule has 0 fully saturated rings. The van der Waals surface area contributed by atoms with Crippen LogP contribution in [0.15, 0.2) is 291 Å². The minimum Gasteiger partial charge on any atom is -0.485 e. The second-order valence-corrected chi connectivity index (χ2v) is 24.9. The molecule has 18 aromatic rings. The van der Waals surface area contributed by atoms with Crippen molar-refractivity contribution in [2.24, 2.45) is 0 Å². The fourth-order valence-corrected chi connectivity index (χ4v) is 15.9. The Morgan fingerprint density at radius 3 is 1.62 bits per heavy atom. The quantitative estimate of drug-likeness (QED) is 0.150. The first kappa shape index (κ1) is 50.6. The molecule has 0 spiro atoms. The summed E-state index contributed by atoms with van der Waals surface area (Å²) in [5.41, 5.74) is 20.9. The third kappa shape index (κ3) is 7.38. The maximum Gasteiger partial charge on any atom is 0.159 e. The molecule has 9 heteroatoms. The molecule has 0 saturated heterocycles. The number of fused-ring (bicyclic) bond motifs is 21. The summed E-state index contributed by atoms with van der Waals surface area (Å²) in [5.74, 6) is 1.67. The number of benzene rings is 12. The van der Waals surface area contributed by atoms with Crippen molar-refractivity contribution >= 4 is 166 Å². The van der Waals surface area contributed by atoms with Crippen LogP contribution < -0.4 is 14.5 Å². The number of para-hydroxylation sites is 8. The summed E-state index contributed by atoms with van der Waals surface area (Å²) in [7, 11) is 0. The van der Waals surface area contributed by atoms with Crippen LogP contribution in [0.25, 0.3) is 143 Å². The molecule has 0 radical (unpaired) electrons. The molecule has 7 heterocycles. The third-order valence-electron chi connectivity index (χ3n) is 19.9. The molecule has 21 rings (SSSR count). The first-order valence-corrected chi connectivity index (χ1v) is 31.9. The summed E-state index contributed by atoms with van der Waals surface area (Å²) in [6.45, 7) is 0.